The number of carbonyl (C=O) groups excluding carboxylic acids is 1. The molecule has 0 fully saturated rings. The van der Waals surface area contributed by atoms with Gasteiger partial charge < -0.3 is 11.1 Å². The summed E-state index contributed by atoms with van der Waals surface area (Å²) in [7, 11) is 0. The van der Waals surface area contributed by atoms with E-state index in [1.165, 1.54) is 18.3 Å². The van der Waals surface area contributed by atoms with Crippen LogP contribution >= 0.6 is 0 Å². The van der Waals surface area contributed by atoms with Crippen molar-refractivity contribution in [2.24, 2.45) is 0 Å². The van der Waals surface area contributed by atoms with Gasteiger partial charge in [-0.05, 0) is 42.8 Å². The van der Waals surface area contributed by atoms with Crippen LogP contribution in [0.5, 0.6) is 0 Å². The van der Waals surface area contributed by atoms with Crippen molar-refractivity contribution in [3.05, 3.63) is 53.6 Å². The van der Waals surface area contributed by atoms with Gasteiger partial charge in [-0.2, -0.15) is 4.39 Å². The molecule has 2 aromatic rings. The molecule has 92 valence electrons. The zero-order chi connectivity index (χ0) is 13.1. The van der Waals surface area contributed by atoms with Gasteiger partial charge in [0, 0.05) is 11.3 Å². The lowest BCUT2D eigenvalue weighted by molar-refractivity contribution is 0.102. The van der Waals surface area contributed by atoms with E-state index in [0.717, 1.165) is 5.56 Å². The van der Waals surface area contributed by atoms with Crippen molar-refractivity contribution in [2.75, 3.05) is 11.1 Å². The van der Waals surface area contributed by atoms with Crippen LogP contribution in [0.3, 0.4) is 0 Å². The van der Waals surface area contributed by atoms with E-state index in [9.17, 15) is 9.18 Å². The number of nitrogens with one attached hydrogen (secondary N) is 1. The molecule has 0 radical (unpaired) electrons. The molecule has 5 heteroatoms. The Morgan fingerprint density at radius 1 is 1.33 bits per heavy atom. The van der Waals surface area contributed by atoms with Gasteiger partial charge in [0.2, 0.25) is 5.95 Å². The van der Waals surface area contributed by atoms with Crippen molar-refractivity contribution >= 4 is 17.3 Å². The monoisotopic (exact) mass is 245 g/mol. The first kappa shape index (κ1) is 12.0. The lowest BCUT2D eigenvalue weighted by Gasteiger charge is -2.06. The predicted molar refractivity (Wildman–Crippen MR) is 67.7 cm³/mol. The summed E-state index contributed by atoms with van der Waals surface area (Å²) in [6.07, 6.45) is 1.26. The zero-order valence-electron chi connectivity index (χ0n) is 9.77. The number of aryl methyl sites for hydroxylation is 1. The van der Waals surface area contributed by atoms with Gasteiger partial charge in [-0.3, -0.25) is 4.79 Å². The molecular weight excluding hydrogens is 233 g/mol. The minimum atomic E-state index is -0.590. The molecule has 0 aliphatic rings. The molecule has 1 heterocycles. The maximum absolute atomic E-state index is 12.6. The number of aromatic nitrogens is 1. The number of hydrogen-bond donors (Lipinski definition) is 2. The first-order chi connectivity index (χ1) is 8.54. The number of hydrogen-bond acceptors (Lipinski definition) is 3. The fourth-order valence-corrected chi connectivity index (χ4v) is 1.60. The molecule has 0 aliphatic heterocycles. The second-order valence-electron chi connectivity index (χ2n) is 3.96. The second-order valence-corrected chi connectivity index (χ2v) is 3.96. The van der Waals surface area contributed by atoms with Crippen molar-refractivity contribution in [1.29, 1.82) is 0 Å². The third-order valence-electron chi connectivity index (χ3n) is 2.35. The first-order valence-electron chi connectivity index (χ1n) is 5.34. The molecule has 1 aromatic heterocycles. The number of nitrogens with zero attached hydrogens (tertiary/aromatic N) is 1. The average molecular weight is 245 g/mol. The highest BCUT2D eigenvalue weighted by Crippen LogP contribution is 2.13. The highest BCUT2D eigenvalue weighted by Gasteiger charge is 2.07. The van der Waals surface area contributed by atoms with Crippen LogP contribution in [0.4, 0.5) is 15.8 Å². The molecule has 4 nitrogen and oxygen atoms in total. The summed E-state index contributed by atoms with van der Waals surface area (Å²) in [6, 6.07) is 7.71. The molecule has 0 bridgehead atoms. The van der Waals surface area contributed by atoms with Gasteiger partial charge in [-0.15, -0.1) is 0 Å². The standard InChI is InChI=1S/C13H12FN3O/c1-8-4-9(6-10(15)5-8)13(18)17-11-2-3-12(14)16-7-11/h2-7H,15H2,1H3,(H,17,18). The number of carbonyl (C=O) groups is 1. The van der Waals surface area contributed by atoms with Crippen LogP contribution in [0, 0.1) is 12.9 Å². The fraction of sp³-hybridized carbons (Fsp3) is 0.0769. The van der Waals surface area contributed by atoms with Crippen LogP contribution in [-0.4, -0.2) is 10.9 Å². The molecule has 1 amide bonds. The fourth-order valence-electron chi connectivity index (χ4n) is 1.60. The van der Waals surface area contributed by atoms with Crippen molar-refractivity contribution < 1.29 is 9.18 Å². The maximum atomic E-state index is 12.6. The number of amides is 1. The Kier molecular flexibility index (Phi) is 3.23. The summed E-state index contributed by atoms with van der Waals surface area (Å²) in [4.78, 5) is 15.4. The van der Waals surface area contributed by atoms with E-state index in [4.69, 9.17) is 5.73 Å². The van der Waals surface area contributed by atoms with Crippen molar-refractivity contribution in [1.82, 2.24) is 4.98 Å². The number of rotatable bonds is 2. The van der Waals surface area contributed by atoms with Gasteiger partial charge in [0.05, 0.1) is 11.9 Å². The van der Waals surface area contributed by atoms with Crippen LogP contribution in [0.15, 0.2) is 36.5 Å². The van der Waals surface area contributed by atoms with Crippen LogP contribution in [0.25, 0.3) is 0 Å². The van der Waals surface area contributed by atoms with Gasteiger partial charge in [0.15, 0.2) is 0 Å². The van der Waals surface area contributed by atoms with Gasteiger partial charge in [-0.1, -0.05) is 0 Å². The van der Waals surface area contributed by atoms with E-state index in [1.807, 2.05) is 6.92 Å². The largest absolute Gasteiger partial charge is 0.399 e. The van der Waals surface area contributed by atoms with Crippen LogP contribution < -0.4 is 11.1 Å². The summed E-state index contributed by atoms with van der Waals surface area (Å²) in [5.41, 5.74) is 7.98. The maximum Gasteiger partial charge on any atom is 0.255 e. The van der Waals surface area contributed by atoms with E-state index >= 15 is 0 Å². The molecular formula is C13H12FN3O. The highest BCUT2D eigenvalue weighted by molar-refractivity contribution is 6.04. The summed E-state index contributed by atoms with van der Waals surface area (Å²) in [5.74, 6) is -0.897. The first-order valence-corrected chi connectivity index (χ1v) is 5.34. The zero-order valence-corrected chi connectivity index (χ0v) is 9.77. The molecule has 18 heavy (non-hydrogen) atoms. The normalized spacial score (nSPS) is 10.1. The second kappa shape index (κ2) is 4.83. The number of nitrogen functional groups attached to an aromatic ring is 1. The summed E-state index contributed by atoms with van der Waals surface area (Å²) < 4.78 is 12.6. The Labute approximate surface area is 104 Å². The van der Waals surface area contributed by atoms with Crippen molar-refractivity contribution in [3.8, 4) is 0 Å². The summed E-state index contributed by atoms with van der Waals surface area (Å²) in [6.45, 7) is 1.85. The molecule has 0 aliphatic carbocycles. The number of halogens is 1. The third-order valence-corrected chi connectivity index (χ3v) is 2.35. The van der Waals surface area contributed by atoms with Gasteiger partial charge in [0.25, 0.3) is 5.91 Å². The third kappa shape index (κ3) is 2.82. The SMILES string of the molecule is Cc1cc(N)cc(C(=O)Nc2ccc(F)nc2)c1. The average Bonchev–Trinajstić information content (AvgIpc) is 2.31. The Morgan fingerprint density at radius 3 is 2.72 bits per heavy atom. The van der Waals surface area contributed by atoms with Gasteiger partial charge in [-0.25, -0.2) is 4.98 Å². The molecule has 0 spiro atoms. The lowest BCUT2D eigenvalue weighted by atomic mass is 10.1. The van der Waals surface area contributed by atoms with E-state index in [-0.39, 0.29) is 5.91 Å². The summed E-state index contributed by atoms with van der Waals surface area (Å²) in [5, 5.41) is 2.62. The Balaban J connectivity index is 2.19. The smallest absolute Gasteiger partial charge is 0.255 e. The number of pyridine rings is 1. The van der Waals surface area contributed by atoms with Crippen LogP contribution in [-0.2, 0) is 0 Å². The highest BCUT2D eigenvalue weighted by atomic mass is 19.1. The minimum Gasteiger partial charge on any atom is -0.399 e. The Morgan fingerprint density at radius 2 is 2.11 bits per heavy atom. The molecule has 1 aromatic carbocycles. The Bertz CT molecular complexity index is 561. The number of anilines is 2. The van der Waals surface area contributed by atoms with Gasteiger partial charge >= 0.3 is 0 Å². The molecule has 3 N–H and O–H groups in total. The predicted octanol–water partition coefficient (Wildman–Crippen LogP) is 2.36. The lowest BCUT2D eigenvalue weighted by Crippen LogP contribution is -2.12. The molecule has 0 unspecified atom stereocenters. The van der Waals surface area contributed by atoms with E-state index in [0.29, 0.717) is 16.9 Å². The number of benzene rings is 1. The molecule has 2 rings (SSSR count). The molecule has 0 saturated heterocycles. The molecule has 0 saturated carbocycles. The van der Waals surface area contributed by atoms with Crippen LogP contribution in [0.2, 0.25) is 0 Å². The van der Waals surface area contributed by atoms with E-state index < -0.39 is 5.95 Å². The van der Waals surface area contributed by atoms with Crippen molar-refractivity contribution in [3.63, 3.8) is 0 Å². The van der Waals surface area contributed by atoms with Crippen LogP contribution in [0.1, 0.15) is 15.9 Å². The summed E-state index contributed by atoms with van der Waals surface area (Å²) >= 11 is 0. The van der Waals surface area contributed by atoms with E-state index in [2.05, 4.69) is 10.3 Å². The Hall–Kier alpha value is -2.43. The van der Waals surface area contributed by atoms with Crippen molar-refractivity contribution in [2.45, 2.75) is 6.92 Å². The van der Waals surface area contributed by atoms with Gasteiger partial charge in [0.1, 0.15) is 0 Å². The molecule has 0 atom stereocenters. The topological polar surface area (TPSA) is 68.0 Å². The van der Waals surface area contributed by atoms with E-state index in [1.54, 1.807) is 18.2 Å². The quantitative estimate of drug-likeness (QED) is 0.630. The number of nitrogens with two attached hydrogens (primary N) is 1. The minimum absolute atomic E-state index is 0.307.